The zero-order valence-electron chi connectivity index (χ0n) is 8.15. The molecule has 0 aliphatic rings. The van der Waals surface area contributed by atoms with Gasteiger partial charge in [-0.15, -0.1) is 0 Å². The van der Waals surface area contributed by atoms with Gasteiger partial charge >= 0.3 is 6.09 Å². The summed E-state index contributed by atoms with van der Waals surface area (Å²) in [5.74, 6) is 0. The highest BCUT2D eigenvalue weighted by Gasteiger charge is 2.22. The Morgan fingerprint density at radius 2 is 1.88 bits per heavy atom. The van der Waals surface area contributed by atoms with Gasteiger partial charge in [-0.25, -0.2) is 4.79 Å². The van der Waals surface area contributed by atoms with Gasteiger partial charge in [0.05, 0.1) is 10.0 Å². The summed E-state index contributed by atoms with van der Waals surface area (Å²) in [6.07, 6.45) is -0.755. The number of benzene rings is 1. The molecule has 0 aliphatic carbocycles. The lowest BCUT2D eigenvalue weighted by Crippen LogP contribution is -2.21. The molecule has 0 radical (unpaired) electrons. The molecule has 0 aliphatic heterocycles. The Hall–Kier alpha value is -0.0600. The molecule has 0 spiro atoms. The molecule has 94 valence electrons. The van der Waals surface area contributed by atoms with E-state index < -0.39 is 9.89 Å². The summed E-state index contributed by atoms with van der Waals surface area (Å²) in [5.41, 5.74) is 0.425. The number of rotatable bonds is 2. The van der Waals surface area contributed by atoms with Crippen LogP contribution in [0, 0.1) is 0 Å². The van der Waals surface area contributed by atoms with E-state index in [9.17, 15) is 4.79 Å². The van der Waals surface area contributed by atoms with Crippen molar-refractivity contribution in [2.24, 2.45) is 0 Å². The minimum absolute atomic E-state index is 0.311. The third kappa shape index (κ3) is 5.89. The van der Waals surface area contributed by atoms with Crippen molar-refractivity contribution >= 4 is 69.8 Å². The van der Waals surface area contributed by atoms with Gasteiger partial charge in [-0.2, -0.15) is 0 Å². The third-order valence-corrected chi connectivity index (χ3v) is 2.60. The highest BCUT2D eigenvalue weighted by molar-refractivity contribution is 6.67. The van der Waals surface area contributed by atoms with E-state index in [4.69, 9.17) is 58.0 Å². The Kier molecular flexibility index (Phi) is 5.48. The minimum Gasteiger partial charge on any atom is -0.445 e. The molecule has 0 saturated carbocycles. The molecular formula is C9H6Cl5NO2. The van der Waals surface area contributed by atoms with E-state index in [0.717, 1.165) is 0 Å². The van der Waals surface area contributed by atoms with Crippen molar-refractivity contribution in [1.29, 1.82) is 0 Å². The van der Waals surface area contributed by atoms with Crippen LogP contribution in [0.2, 0.25) is 10.0 Å². The first kappa shape index (κ1) is 15.0. The lowest BCUT2D eigenvalue weighted by Gasteiger charge is -2.12. The van der Waals surface area contributed by atoms with E-state index in [-0.39, 0.29) is 6.61 Å². The largest absolute Gasteiger partial charge is 0.445 e. The maximum atomic E-state index is 11.3. The van der Waals surface area contributed by atoms with Crippen LogP contribution in [0.15, 0.2) is 18.2 Å². The topological polar surface area (TPSA) is 38.3 Å². The number of carbonyl (C=O) groups is 1. The van der Waals surface area contributed by atoms with Crippen molar-refractivity contribution < 1.29 is 9.53 Å². The molecule has 1 aromatic rings. The molecule has 0 aromatic heterocycles. The quantitative estimate of drug-likeness (QED) is 0.779. The van der Waals surface area contributed by atoms with Crippen LogP contribution in [0.3, 0.4) is 0 Å². The molecule has 0 heterocycles. The number of halogens is 5. The van der Waals surface area contributed by atoms with Crippen LogP contribution in [0.1, 0.15) is 0 Å². The van der Waals surface area contributed by atoms with Crippen LogP contribution in [0.4, 0.5) is 10.5 Å². The first-order valence-electron chi connectivity index (χ1n) is 4.23. The van der Waals surface area contributed by atoms with Gasteiger partial charge in [-0.1, -0.05) is 58.0 Å². The van der Waals surface area contributed by atoms with E-state index in [0.29, 0.717) is 15.7 Å². The van der Waals surface area contributed by atoms with Gasteiger partial charge in [0.15, 0.2) is 0 Å². The minimum atomic E-state index is -1.64. The molecule has 3 nitrogen and oxygen atoms in total. The molecule has 1 rings (SSSR count). The number of hydrogen-bond donors (Lipinski definition) is 1. The fraction of sp³-hybridized carbons (Fsp3) is 0.222. The van der Waals surface area contributed by atoms with Gasteiger partial charge in [0.25, 0.3) is 0 Å². The van der Waals surface area contributed by atoms with Crippen molar-refractivity contribution in [2.75, 3.05) is 11.9 Å². The normalized spacial score (nSPS) is 11.1. The van der Waals surface area contributed by atoms with Crippen LogP contribution in [-0.4, -0.2) is 16.5 Å². The Bertz CT molecular complexity index is 418. The number of anilines is 1. The molecule has 0 fully saturated rings. The van der Waals surface area contributed by atoms with Crippen LogP contribution >= 0.6 is 58.0 Å². The lowest BCUT2D eigenvalue weighted by atomic mass is 10.3. The van der Waals surface area contributed by atoms with Crippen molar-refractivity contribution in [3.63, 3.8) is 0 Å². The van der Waals surface area contributed by atoms with Crippen LogP contribution in [-0.2, 0) is 4.74 Å². The molecule has 1 N–H and O–H groups in total. The van der Waals surface area contributed by atoms with Gasteiger partial charge in [0, 0.05) is 5.69 Å². The molecule has 0 bridgehead atoms. The summed E-state index contributed by atoms with van der Waals surface area (Å²) in [5, 5.41) is 3.09. The van der Waals surface area contributed by atoms with Gasteiger partial charge < -0.3 is 4.74 Å². The first-order valence-corrected chi connectivity index (χ1v) is 6.12. The Morgan fingerprint density at radius 3 is 2.41 bits per heavy atom. The molecule has 1 amide bonds. The second-order valence-electron chi connectivity index (χ2n) is 2.95. The molecule has 0 unspecified atom stereocenters. The summed E-state index contributed by atoms with van der Waals surface area (Å²) >= 11 is 27.7. The average molecular weight is 337 g/mol. The summed E-state index contributed by atoms with van der Waals surface area (Å²) in [7, 11) is 0. The maximum absolute atomic E-state index is 11.3. The van der Waals surface area contributed by atoms with Gasteiger partial charge in [0.1, 0.15) is 6.61 Å². The van der Waals surface area contributed by atoms with E-state index >= 15 is 0 Å². The smallest absolute Gasteiger partial charge is 0.411 e. The van der Waals surface area contributed by atoms with Crippen LogP contribution < -0.4 is 5.32 Å². The fourth-order valence-corrected chi connectivity index (χ4v) is 1.34. The third-order valence-electron chi connectivity index (χ3n) is 1.53. The summed E-state index contributed by atoms with van der Waals surface area (Å²) in [4.78, 5) is 11.3. The molecular weight excluding hydrogens is 331 g/mol. The first-order chi connectivity index (χ1) is 7.78. The summed E-state index contributed by atoms with van der Waals surface area (Å²) < 4.78 is 3.01. The second-order valence-corrected chi connectivity index (χ2v) is 6.28. The number of nitrogens with one attached hydrogen (secondary N) is 1. The Morgan fingerprint density at radius 1 is 1.24 bits per heavy atom. The van der Waals surface area contributed by atoms with Gasteiger partial charge in [-0.05, 0) is 18.2 Å². The van der Waals surface area contributed by atoms with Gasteiger partial charge in [-0.3, -0.25) is 5.32 Å². The van der Waals surface area contributed by atoms with Crippen molar-refractivity contribution in [2.45, 2.75) is 3.79 Å². The predicted molar refractivity (Wildman–Crippen MR) is 71.7 cm³/mol. The van der Waals surface area contributed by atoms with E-state index in [1.54, 1.807) is 6.07 Å². The number of amides is 1. The summed E-state index contributed by atoms with van der Waals surface area (Å²) in [6, 6.07) is 4.57. The molecule has 17 heavy (non-hydrogen) atoms. The van der Waals surface area contributed by atoms with Gasteiger partial charge in [0.2, 0.25) is 3.79 Å². The van der Waals surface area contributed by atoms with Crippen LogP contribution in [0.25, 0.3) is 0 Å². The molecule has 0 saturated heterocycles. The monoisotopic (exact) mass is 335 g/mol. The summed E-state index contributed by atoms with van der Waals surface area (Å²) in [6.45, 7) is -0.356. The van der Waals surface area contributed by atoms with Crippen molar-refractivity contribution in [1.82, 2.24) is 0 Å². The van der Waals surface area contributed by atoms with E-state index in [2.05, 4.69) is 10.1 Å². The zero-order valence-corrected chi connectivity index (χ0v) is 11.9. The second kappa shape index (κ2) is 6.21. The van der Waals surface area contributed by atoms with Crippen molar-refractivity contribution in [3.8, 4) is 0 Å². The number of carbonyl (C=O) groups excluding carboxylic acids is 1. The highest BCUT2D eigenvalue weighted by atomic mass is 35.6. The fourth-order valence-electron chi connectivity index (χ4n) is 0.875. The van der Waals surface area contributed by atoms with Crippen molar-refractivity contribution in [3.05, 3.63) is 28.2 Å². The molecule has 8 heteroatoms. The number of ether oxygens (including phenoxy) is 1. The Balaban J connectivity index is 2.54. The number of hydrogen-bond acceptors (Lipinski definition) is 2. The van der Waals surface area contributed by atoms with Crippen LogP contribution in [0.5, 0.6) is 0 Å². The average Bonchev–Trinajstić information content (AvgIpc) is 2.20. The Labute approximate surface area is 123 Å². The molecule has 0 atom stereocenters. The highest BCUT2D eigenvalue weighted by Crippen LogP contribution is 2.27. The zero-order chi connectivity index (χ0) is 13.1. The lowest BCUT2D eigenvalue weighted by molar-refractivity contribution is 0.164. The number of alkyl halides is 3. The maximum Gasteiger partial charge on any atom is 0.411 e. The predicted octanol–water partition coefficient (Wildman–Crippen LogP) is 4.91. The molecule has 1 aromatic carbocycles. The standard InChI is InChI=1S/C9H6Cl5NO2/c10-6-2-1-5(3-7(6)11)15-8(16)17-4-9(12,13)14/h1-3H,4H2,(H,15,16). The SMILES string of the molecule is O=C(Nc1ccc(Cl)c(Cl)c1)OCC(Cl)(Cl)Cl. The van der Waals surface area contributed by atoms with E-state index in [1.807, 2.05) is 0 Å². The van der Waals surface area contributed by atoms with E-state index in [1.165, 1.54) is 12.1 Å².